The van der Waals surface area contributed by atoms with Gasteiger partial charge in [0.15, 0.2) is 5.58 Å². The van der Waals surface area contributed by atoms with E-state index in [4.69, 9.17) is 16.0 Å². The molecule has 8 heteroatoms. The maximum Gasteiger partial charge on any atom is 0.419 e. The van der Waals surface area contributed by atoms with Gasteiger partial charge in [-0.05, 0) is 24.3 Å². The number of anilines is 1. The number of oxazole rings is 1. The summed E-state index contributed by atoms with van der Waals surface area (Å²) in [6.07, 6.45) is 0. The van der Waals surface area contributed by atoms with Gasteiger partial charge in [-0.2, -0.15) is 0 Å². The third kappa shape index (κ3) is 2.49. The molecule has 0 aliphatic carbocycles. The van der Waals surface area contributed by atoms with Gasteiger partial charge >= 0.3 is 5.76 Å². The minimum absolute atomic E-state index is 0.0220. The summed E-state index contributed by atoms with van der Waals surface area (Å²) in [6.45, 7) is 0. The number of fused-ring (bicyclic) bond motifs is 1. The Hall–Kier alpha value is -2.25. The van der Waals surface area contributed by atoms with Gasteiger partial charge in [-0.1, -0.05) is 23.7 Å². The number of halogens is 1. The second-order valence-electron chi connectivity index (χ2n) is 4.65. The van der Waals surface area contributed by atoms with Gasteiger partial charge in [-0.25, -0.2) is 13.2 Å². The van der Waals surface area contributed by atoms with Crippen LogP contribution in [0.25, 0.3) is 11.1 Å². The van der Waals surface area contributed by atoms with Gasteiger partial charge in [-0.15, -0.1) is 0 Å². The van der Waals surface area contributed by atoms with Crippen LogP contribution in [0.15, 0.2) is 56.6 Å². The highest BCUT2D eigenvalue weighted by molar-refractivity contribution is 7.92. The fraction of sp³-hybridized carbons (Fsp3) is 0.0714. The van der Waals surface area contributed by atoms with Crippen molar-refractivity contribution in [2.75, 3.05) is 4.72 Å². The first-order valence-corrected chi connectivity index (χ1v) is 8.11. The molecule has 114 valence electrons. The Morgan fingerprint density at radius 3 is 2.64 bits per heavy atom. The Labute approximate surface area is 131 Å². The predicted molar refractivity (Wildman–Crippen MR) is 83.7 cm³/mol. The number of aromatic nitrogens is 1. The summed E-state index contributed by atoms with van der Waals surface area (Å²) in [5, 5.41) is 0.127. The molecule has 2 aromatic carbocycles. The van der Waals surface area contributed by atoms with Gasteiger partial charge in [0.2, 0.25) is 0 Å². The molecule has 1 N–H and O–H groups in total. The quantitative estimate of drug-likeness (QED) is 0.795. The van der Waals surface area contributed by atoms with Crippen LogP contribution in [0.1, 0.15) is 0 Å². The van der Waals surface area contributed by atoms with Crippen molar-refractivity contribution in [3.63, 3.8) is 0 Å². The Kier molecular flexibility index (Phi) is 3.46. The molecule has 0 fully saturated rings. The van der Waals surface area contributed by atoms with Crippen molar-refractivity contribution in [1.29, 1.82) is 0 Å². The molecule has 0 bridgehead atoms. The molecule has 1 aromatic heterocycles. The van der Waals surface area contributed by atoms with Gasteiger partial charge in [0.05, 0.1) is 16.2 Å². The number of nitrogens with zero attached hydrogens (tertiary/aromatic N) is 1. The highest BCUT2D eigenvalue weighted by atomic mass is 35.5. The second-order valence-corrected chi connectivity index (χ2v) is 6.70. The molecule has 0 unspecified atom stereocenters. The summed E-state index contributed by atoms with van der Waals surface area (Å²) in [4.78, 5) is 11.4. The number of rotatable bonds is 3. The number of hydrogen-bond acceptors (Lipinski definition) is 4. The van der Waals surface area contributed by atoms with Crippen LogP contribution >= 0.6 is 11.6 Å². The van der Waals surface area contributed by atoms with Crippen LogP contribution < -0.4 is 10.5 Å². The predicted octanol–water partition coefficient (Wildman–Crippen LogP) is 2.59. The van der Waals surface area contributed by atoms with Gasteiger partial charge in [0.25, 0.3) is 10.0 Å². The molecule has 1 heterocycles. The summed E-state index contributed by atoms with van der Waals surface area (Å²) >= 11 is 5.91. The molecule has 0 amide bonds. The number of sulfonamides is 1. The lowest BCUT2D eigenvalue weighted by Crippen LogP contribution is -2.13. The normalized spacial score (nSPS) is 11.7. The Morgan fingerprint density at radius 1 is 1.18 bits per heavy atom. The van der Waals surface area contributed by atoms with Crippen molar-refractivity contribution in [3.8, 4) is 0 Å². The van der Waals surface area contributed by atoms with Crippen LogP contribution in [0.5, 0.6) is 0 Å². The summed E-state index contributed by atoms with van der Waals surface area (Å²) < 4.78 is 33.5. The van der Waals surface area contributed by atoms with E-state index in [9.17, 15) is 13.2 Å². The molecule has 0 aliphatic rings. The van der Waals surface area contributed by atoms with Gasteiger partial charge in [-0.3, -0.25) is 9.29 Å². The van der Waals surface area contributed by atoms with Gasteiger partial charge < -0.3 is 4.42 Å². The second kappa shape index (κ2) is 5.19. The zero-order chi connectivity index (χ0) is 15.9. The Bertz CT molecular complexity index is 1020. The average Bonchev–Trinajstić information content (AvgIpc) is 2.73. The highest BCUT2D eigenvalue weighted by Crippen LogP contribution is 2.25. The molecule has 0 saturated heterocycles. The van der Waals surface area contributed by atoms with E-state index in [2.05, 4.69) is 4.72 Å². The maximum absolute atomic E-state index is 12.3. The van der Waals surface area contributed by atoms with Gasteiger partial charge in [0.1, 0.15) is 4.90 Å². The topological polar surface area (TPSA) is 81.3 Å². The van der Waals surface area contributed by atoms with Gasteiger partial charge in [0, 0.05) is 13.1 Å². The standard InChI is InChI=1S/C14H11ClN2O4S/c1-17-11-7-6-9(8-12(11)21-14(17)18)16-22(19,20)13-5-3-2-4-10(13)15/h2-8,16H,1H3. The van der Waals surface area contributed by atoms with Crippen LogP contribution in [0.4, 0.5) is 5.69 Å². The monoisotopic (exact) mass is 338 g/mol. The van der Waals surface area contributed by atoms with Crippen molar-refractivity contribution >= 4 is 38.4 Å². The van der Waals surface area contributed by atoms with Crippen LogP contribution in [0.3, 0.4) is 0 Å². The van der Waals surface area contributed by atoms with Crippen LogP contribution in [0.2, 0.25) is 5.02 Å². The maximum atomic E-state index is 12.3. The number of aryl methyl sites for hydroxylation is 1. The lowest BCUT2D eigenvalue weighted by molar-refractivity contribution is 0.528. The van der Waals surface area contributed by atoms with E-state index < -0.39 is 15.8 Å². The first-order valence-electron chi connectivity index (χ1n) is 6.25. The van der Waals surface area contributed by atoms with Crippen LogP contribution in [-0.2, 0) is 17.1 Å². The molecule has 0 spiro atoms. The molecule has 0 radical (unpaired) electrons. The van der Waals surface area contributed by atoms with E-state index in [0.717, 1.165) is 0 Å². The first kappa shape index (κ1) is 14.7. The smallest absolute Gasteiger partial charge is 0.408 e. The molecular weight excluding hydrogens is 328 g/mol. The largest absolute Gasteiger partial charge is 0.419 e. The van der Waals surface area contributed by atoms with Crippen LogP contribution in [0, 0.1) is 0 Å². The fourth-order valence-corrected chi connectivity index (χ4v) is 3.64. The molecule has 3 rings (SSSR count). The van der Waals surface area contributed by atoms with Crippen molar-refractivity contribution in [2.45, 2.75) is 4.90 Å². The number of nitrogens with one attached hydrogen (secondary N) is 1. The molecule has 0 aliphatic heterocycles. The van der Waals surface area contributed by atoms with Crippen molar-refractivity contribution in [1.82, 2.24) is 4.57 Å². The van der Waals surface area contributed by atoms with E-state index in [-0.39, 0.29) is 15.6 Å². The molecular formula is C14H11ClN2O4S. The Balaban J connectivity index is 2.02. The molecule has 6 nitrogen and oxygen atoms in total. The zero-order valence-electron chi connectivity index (χ0n) is 11.4. The van der Waals surface area contributed by atoms with Crippen LogP contribution in [-0.4, -0.2) is 13.0 Å². The van der Waals surface area contributed by atoms with E-state index in [1.54, 1.807) is 31.3 Å². The lowest BCUT2D eigenvalue weighted by atomic mass is 10.3. The Morgan fingerprint density at radius 2 is 1.91 bits per heavy atom. The molecule has 0 atom stereocenters. The summed E-state index contributed by atoms with van der Waals surface area (Å²) in [5.41, 5.74) is 1.15. The van der Waals surface area contributed by atoms with Crippen molar-refractivity contribution in [2.24, 2.45) is 7.05 Å². The summed E-state index contributed by atoms with van der Waals surface area (Å²) in [7, 11) is -2.25. The molecule has 0 saturated carbocycles. The summed E-state index contributed by atoms with van der Waals surface area (Å²) in [5.74, 6) is -0.513. The third-order valence-corrected chi connectivity index (χ3v) is 5.05. The zero-order valence-corrected chi connectivity index (χ0v) is 13.0. The number of hydrogen-bond donors (Lipinski definition) is 1. The average molecular weight is 339 g/mol. The minimum atomic E-state index is -3.82. The lowest BCUT2D eigenvalue weighted by Gasteiger charge is -2.09. The minimum Gasteiger partial charge on any atom is -0.408 e. The molecule has 3 aromatic rings. The van der Waals surface area contributed by atoms with E-state index >= 15 is 0 Å². The van der Waals surface area contributed by atoms with Crippen molar-refractivity contribution in [3.05, 3.63) is 58.0 Å². The number of benzene rings is 2. The summed E-state index contributed by atoms with van der Waals surface area (Å²) in [6, 6.07) is 10.7. The SMILES string of the molecule is Cn1c(=O)oc2cc(NS(=O)(=O)c3ccccc3Cl)ccc21. The highest BCUT2D eigenvalue weighted by Gasteiger charge is 2.18. The third-order valence-electron chi connectivity index (χ3n) is 3.17. The van der Waals surface area contributed by atoms with Crippen molar-refractivity contribution < 1.29 is 12.8 Å². The van der Waals surface area contributed by atoms with E-state index in [1.807, 2.05) is 0 Å². The molecule has 22 heavy (non-hydrogen) atoms. The first-order chi connectivity index (χ1) is 10.4. The fourth-order valence-electron chi connectivity index (χ4n) is 2.07. The van der Waals surface area contributed by atoms with E-state index in [1.165, 1.54) is 22.8 Å². The van der Waals surface area contributed by atoms with E-state index in [0.29, 0.717) is 11.1 Å².